The molecule has 0 aliphatic carbocycles. The molecule has 0 radical (unpaired) electrons. The van der Waals surface area contributed by atoms with E-state index in [2.05, 4.69) is 27.7 Å². The second-order valence-corrected chi connectivity index (χ2v) is 7.93. The molecule has 1 unspecified atom stereocenters. The van der Waals surface area contributed by atoms with E-state index in [0.29, 0.717) is 16.0 Å². The number of carbonyl (C=O) groups is 1. The zero-order valence-electron chi connectivity index (χ0n) is 15.2. The summed E-state index contributed by atoms with van der Waals surface area (Å²) in [7, 11) is 0. The highest BCUT2D eigenvalue weighted by Crippen LogP contribution is 2.36. The smallest absolute Gasteiger partial charge is 0.257 e. The van der Waals surface area contributed by atoms with E-state index < -0.39 is 0 Å². The van der Waals surface area contributed by atoms with Crippen molar-refractivity contribution in [1.82, 2.24) is 10.2 Å². The van der Waals surface area contributed by atoms with Gasteiger partial charge in [0.15, 0.2) is 0 Å². The van der Waals surface area contributed by atoms with Crippen LogP contribution in [0.15, 0.2) is 48.5 Å². The Morgan fingerprint density at radius 2 is 2.04 bits per heavy atom. The minimum absolute atomic E-state index is 0. The standard InChI is InChI=1S/C21H24ClN3O.ClH/c22-19-7-2-1-6-18(19)20(26)24-17-5-3-4-16(12-17)13-25-11-9-21(15-25)8-10-23-14-21;/h1-7,12,23H,8-11,13-15H2,(H,24,26);1H. The maximum Gasteiger partial charge on any atom is 0.257 e. The minimum Gasteiger partial charge on any atom is -0.322 e. The molecule has 0 saturated carbocycles. The van der Waals surface area contributed by atoms with Gasteiger partial charge in [0.05, 0.1) is 10.6 Å². The predicted molar refractivity (Wildman–Crippen MR) is 113 cm³/mol. The van der Waals surface area contributed by atoms with Crippen LogP contribution in [0.25, 0.3) is 0 Å². The third-order valence-corrected chi connectivity index (χ3v) is 5.89. The summed E-state index contributed by atoms with van der Waals surface area (Å²) < 4.78 is 0. The van der Waals surface area contributed by atoms with Gasteiger partial charge in [0.1, 0.15) is 0 Å². The molecule has 4 rings (SSSR count). The van der Waals surface area contributed by atoms with E-state index in [9.17, 15) is 4.79 Å². The van der Waals surface area contributed by atoms with Gasteiger partial charge in [-0.05, 0) is 61.2 Å². The molecular weight excluding hydrogens is 381 g/mol. The van der Waals surface area contributed by atoms with E-state index in [1.807, 2.05) is 24.3 Å². The van der Waals surface area contributed by atoms with Crippen LogP contribution >= 0.6 is 24.0 Å². The quantitative estimate of drug-likeness (QED) is 0.800. The fourth-order valence-corrected chi connectivity index (χ4v) is 4.38. The zero-order chi connectivity index (χ0) is 18.0. The molecule has 2 aliphatic heterocycles. The van der Waals surface area contributed by atoms with Crippen LogP contribution in [0.1, 0.15) is 28.8 Å². The minimum atomic E-state index is -0.176. The van der Waals surface area contributed by atoms with Crippen LogP contribution in [0.5, 0.6) is 0 Å². The van der Waals surface area contributed by atoms with E-state index >= 15 is 0 Å². The van der Waals surface area contributed by atoms with Crippen LogP contribution in [0, 0.1) is 5.41 Å². The number of hydrogen-bond acceptors (Lipinski definition) is 3. The number of benzene rings is 2. The van der Waals surface area contributed by atoms with Gasteiger partial charge in [-0.1, -0.05) is 35.9 Å². The van der Waals surface area contributed by atoms with E-state index in [-0.39, 0.29) is 18.3 Å². The van der Waals surface area contributed by atoms with Gasteiger partial charge in [0.2, 0.25) is 0 Å². The molecule has 1 spiro atoms. The summed E-state index contributed by atoms with van der Waals surface area (Å²) in [6.45, 7) is 5.54. The summed E-state index contributed by atoms with van der Waals surface area (Å²) in [4.78, 5) is 15.0. The zero-order valence-corrected chi connectivity index (χ0v) is 16.8. The number of hydrogen-bond donors (Lipinski definition) is 2. The van der Waals surface area contributed by atoms with E-state index in [1.165, 1.54) is 18.4 Å². The molecule has 2 aliphatic rings. The van der Waals surface area contributed by atoms with Crippen molar-refractivity contribution in [1.29, 1.82) is 0 Å². The monoisotopic (exact) mass is 405 g/mol. The molecule has 2 aromatic carbocycles. The lowest BCUT2D eigenvalue weighted by Gasteiger charge is -2.23. The predicted octanol–water partition coefficient (Wildman–Crippen LogP) is 4.20. The molecule has 6 heteroatoms. The Morgan fingerprint density at radius 3 is 2.81 bits per heavy atom. The van der Waals surface area contributed by atoms with Gasteiger partial charge < -0.3 is 10.6 Å². The van der Waals surface area contributed by atoms with Crippen LogP contribution in [0.4, 0.5) is 5.69 Å². The maximum atomic E-state index is 12.4. The van der Waals surface area contributed by atoms with E-state index in [1.54, 1.807) is 12.1 Å². The van der Waals surface area contributed by atoms with E-state index in [4.69, 9.17) is 11.6 Å². The Kier molecular flexibility index (Phi) is 6.43. The molecule has 2 aromatic rings. The highest BCUT2D eigenvalue weighted by Gasteiger charge is 2.39. The highest BCUT2D eigenvalue weighted by atomic mass is 35.5. The maximum absolute atomic E-state index is 12.4. The fourth-order valence-electron chi connectivity index (χ4n) is 4.16. The third kappa shape index (κ3) is 4.64. The Balaban J connectivity index is 0.00000210. The van der Waals surface area contributed by atoms with Crippen LogP contribution in [-0.4, -0.2) is 37.0 Å². The average molecular weight is 406 g/mol. The van der Waals surface area contributed by atoms with Gasteiger partial charge in [0, 0.05) is 25.3 Å². The van der Waals surface area contributed by atoms with E-state index in [0.717, 1.165) is 38.4 Å². The van der Waals surface area contributed by atoms with Crippen molar-refractivity contribution >= 4 is 35.6 Å². The van der Waals surface area contributed by atoms with Crippen LogP contribution < -0.4 is 10.6 Å². The summed E-state index contributed by atoms with van der Waals surface area (Å²) in [5, 5.41) is 6.93. The number of nitrogens with zero attached hydrogens (tertiary/aromatic N) is 1. The number of likely N-dealkylation sites (tertiary alicyclic amines) is 1. The molecule has 144 valence electrons. The Hall–Kier alpha value is -1.59. The van der Waals surface area contributed by atoms with Crippen LogP contribution in [0.2, 0.25) is 5.02 Å². The molecular formula is C21H25Cl2N3O. The Bertz CT molecular complexity index is 806. The number of halogens is 2. The normalized spacial score (nSPS) is 22.0. The largest absolute Gasteiger partial charge is 0.322 e. The van der Waals surface area contributed by atoms with Gasteiger partial charge >= 0.3 is 0 Å². The lowest BCUT2D eigenvalue weighted by atomic mass is 9.86. The number of anilines is 1. The molecule has 2 heterocycles. The van der Waals surface area contributed by atoms with Crippen molar-refractivity contribution in [2.45, 2.75) is 19.4 Å². The lowest BCUT2D eigenvalue weighted by Crippen LogP contribution is -2.28. The van der Waals surface area contributed by atoms with Crippen molar-refractivity contribution in [2.24, 2.45) is 5.41 Å². The topological polar surface area (TPSA) is 44.4 Å². The first-order valence-corrected chi connectivity index (χ1v) is 9.59. The van der Waals surface area contributed by atoms with Crippen LogP contribution in [-0.2, 0) is 6.54 Å². The molecule has 2 fully saturated rings. The summed E-state index contributed by atoms with van der Waals surface area (Å²) in [6.07, 6.45) is 2.57. The SMILES string of the molecule is Cl.O=C(Nc1cccc(CN2CCC3(CCNC3)C2)c1)c1ccccc1Cl. The molecule has 0 aromatic heterocycles. The Labute approximate surface area is 171 Å². The fraction of sp³-hybridized carbons (Fsp3) is 0.381. The van der Waals surface area contributed by atoms with Gasteiger partial charge in [-0.25, -0.2) is 0 Å². The molecule has 2 N–H and O–H groups in total. The first kappa shape index (κ1) is 20.2. The van der Waals surface area contributed by atoms with Crippen molar-refractivity contribution in [3.8, 4) is 0 Å². The summed E-state index contributed by atoms with van der Waals surface area (Å²) in [6, 6.07) is 15.2. The summed E-state index contributed by atoms with van der Waals surface area (Å²) >= 11 is 6.12. The van der Waals surface area contributed by atoms with Crippen molar-refractivity contribution in [3.05, 3.63) is 64.7 Å². The van der Waals surface area contributed by atoms with Crippen LogP contribution in [0.3, 0.4) is 0 Å². The molecule has 27 heavy (non-hydrogen) atoms. The third-order valence-electron chi connectivity index (χ3n) is 5.56. The highest BCUT2D eigenvalue weighted by molar-refractivity contribution is 6.34. The van der Waals surface area contributed by atoms with Gasteiger partial charge in [-0.3, -0.25) is 9.69 Å². The number of amides is 1. The summed E-state index contributed by atoms with van der Waals surface area (Å²) in [5.41, 5.74) is 3.01. The number of rotatable bonds is 4. The van der Waals surface area contributed by atoms with Crippen molar-refractivity contribution in [3.63, 3.8) is 0 Å². The van der Waals surface area contributed by atoms with Crippen molar-refractivity contribution in [2.75, 3.05) is 31.5 Å². The number of carbonyl (C=O) groups excluding carboxylic acids is 1. The van der Waals surface area contributed by atoms with Gasteiger partial charge in [-0.15, -0.1) is 12.4 Å². The molecule has 1 amide bonds. The molecule has 4 nitrogen and oxygen atoms in total. The average Bonchev–Trinajstić information content (AvgIpc) is 3.25. The first-order valence-electron chi connectivity index (χ1n) is 9.22. The lowest BCUT2D eigenvalue weighted by molar-refractivity contribution is 0.102. The van der Waals surface area contributed by atoms with Crippen molar-refractivity contribution < 1.29 is 4.79 Å². The second kappa shape index (κ2) is 8.61. The number of nitrogens with one attached hydrogen (secondary N) is 2. The first-order chi connectivity index (χ1) is 12.6. The molecule has 0 bridgehead atoms. The van der Waals surface area contributed by atoms with Gasteiger partial charge in [0.25, 0.3) is 5.91 Å². The molecule has 1 atom stereocenters. The van der Waals surface area contributed by atoms with Gasteiger partial charge in [-0.2, -0.15) is 0 Å². The second-order valence-electron chi connectivity index (χ2n) is 7.52. The Morgan fingerprint density at radius 1 is 1.19 bits per heavy atom. The molecule has 2 saturated heterocycles. The summed E-state index contributed by atoms with van der Waals surface area (Å²) in [5.74, 6) is -0.176.